The van der Waals surface area contributed by atoms with Gasteiger partial charge in [-0.2, -0.15) is 0 Å². The number of carbonyl (C=O) groups is 2. The van der Waals surface area contributed by atoms with Gasteiger partial charge < -0.3 is 25.2 Å². The molecule has 0 aromatic rings. The van der Waals surface area contributed by atoms with Gasteiger partial charge in [0.25, 0.3) is 0 Å². The van der Waals surface area contributed by atoms with E-state index in [2.05, 4.69) is 60.9 Å². The second kappa shape index (κ2) is 36.0. The number of unbranched alkanes of at least 4 members (excludes halogenated alkanes) is 13. The number of phosphoric ester groups is 1. The summed E-state index contributed by atoms with van der Waals surface area (Å²) in [6.07, 6.45) is 41.6. The first-order valence-electron chi connectivity index (χ1n) is 19.3. The van der Waals surface area contributed by atoms with E-state index in [1.807, 2.05) is 12.2 Å². The SMILES string of the molecule is CC/C=C\C/C=C\C/C=C\C/C=C\C/C=C\CC(=O)OC(COCCCCCCCCCCCCCCCC)COP(=O)(O)OCC(N)C(=O)O. The normalized spacial score (nSPS) is 14.7. The van der Waals surface area contributed by atoms with Crippen LogP contribution in [0.3, 0.4) is 0 Å². The lowest BCUT2D eigenvalue weighted by Gasteiger charge is -2.20. The third kappa shape index (κ3) is 35.8. The van der Waals surface area contributed by atoms with Gasteiger partial charge in [0, 0.05) is 6.61 Å². The summed E-state index contributed by atoms with van der Waals surface area (Å²) in [6.45, 7) is 3.63. The molecule has 0 saturated heterocycles. The number of carboxylic acid groups (broad SMARTS) is 1. The van der Waals surface area contributed by atoms with Crippen LogP contribution in [0.25, 0.3) is 0 Å². The zero-order chi connectivity index (χ0) is 37.7. The Hall–Kier alpha value is -2.33. The first kappa shape index (κ1) is 48.7. The summed E-state index contributed by atoms with van der Waals surface area (Å²) < 4.78 is 33.1. The van der Waals surface area contributed by atoms with Crippen LogP contribution in [0.2, 0.25) is 0 Å². The topological polar surface area (TPSA) is 155 Å². The maximum absolute atomic E-state index is 12.5. The second-order valence-electron chi connectivity index (χ2n) is 12.7. The number of carbonyl (C=O) groups excluding carboxylic acids is 1. The number of carboxylic acids is 1. The van der Waals surface area contributed by atoms with Gasteiger partial charge in [-0.15, -0.1) is 0 Å². The van der Waals surface area contributed by atoms with Crippen molar-refractivity contribution in [2.24, 2.45) is 5.73 Å². The fourth-order valence-corrected chi connectivity index (χ4v) is 5.63. The Kier molecular flexibility index (Phi) is 34.4. The summed E-state index contributed by atoms with van der Waals surface area (Å²) in [5.74, 6) is -1.92. The summed E-state index contributed by atoms with van der Waals surface area (Å²) in [7, 11) is -4.64. The van der Waals surface area contributed by atoms with Crippen molar-refractivity contribution in [2.45, 2.75) is 154 Å². The van der Waals surface area contributed by atoms with Crippen molar-refractivity contribution >= 4 is 19.8 Å². The van der Waals surface area contributed by atoms with E-state index in [4.69, 9.17) is 24.8 Å². The van der Waals surface area contributed by atoms with Gasteiger partial charge in [0.15, 0.2) is 0 Å². The first-order chi connectivity index (χ1) is 24.7. The van der Waals surface area contributed by atoms with E-state index >= 15 is 0 Å². The minimum Gasteiger partial charge on any atom is -0.480 e. The molecule has 294 valence electrons. The number of aliphatic carboxylic acids is 1. The lowest BCUT2D eigenvalue weighted by Crippen LogP contribution is -2.34. The zero-order valence-corrected chi connectivity index (χ0v) is 32.6. The lowest BCUT2D eigenvalue weighted by atomic mass is 10.0. The summed E-state index contributed by atoms with van der Waals surface area (Å²) in [4.78, 5) is 33.3. The number of hydrogen-bond acceptors (Lipinski definition) is 8. The van der Waals surface area contributed by atoms with Crippen molar-refractivity contribution < 1.29 is 42.7 Å². The van der Waals surface area contributed by atoms with Gasteiger partial charge in [0.05, 0.1) is 26.2 Å². The molecule has 3 unspecified atom stereocenters. The van der Waals surface area contributed by atoms with Crippen LogP contribution in [0.1, 0.15) is 142 Å². The van der Waals surface area contributed by atoms with Crippen molar-refractivity contribution in [3.8, 4) is 0 Å². The number of nitrogens with two attached hydrogens (primary N) is 1. The summed E-state index contributed by atoms with van der Waals surface area (Å²) in [6, 6.07) is -1.49. The molecule has 0 radical (unpaired) electrons. The molecular weight excluding hydrogens is 669 g/mol. The maximum Gasteiger partial charge on any atom is 0.472 e. The van der Waals surface area contributed by atoms with Gasteiger partial charge in [0.2, 0.25) is 0 Å². The van der Waals surface area contributed by atoms with E-state index in [-0.39, 0.29) is 13.0 Å². The highest BCUT2D eigenvalue weighted by Crippen LogP contribution is 2.43. The minimum absolute atomic E-state index is 0.0176. The zero-order valence-electron chi connectivity index (χ0n) is 31.7. The van der Waals surface area contributed by atoms with Crippen molar-refractivity contribution in [1.29, 1.82) is 0 Å². The molecule has 0 aliphatic carbocycles. The van der Waals surface area contributed by atoms with Gasteiger partial charge in [-0.1, -0.05) is 158 Å². The number of allylic oxidation sites excluding steroid dienone is 9. The van der Waals surface area contributed by atoms with E-state index in [0.29, 0.717) is 13.0 Å². The van der Waals surface area contributed by atoms with E-state index in [0.717, 1.165) is 44.9 Å². The third-order valence-corrected chi connectivity index (χ3v) is 8.80. The van der Waals surface area contributed by atoms with Crippen LogP contribution < -0.4 is 5.73 Å². The van der Waals surface area contributed by atoms with Crippen molar-refractivity contribution in [1.82, 2.24) is 0 Å². The number of rotatable bonds is 36. The molecule has 0 bridgehead atoms. The molecule has 0 amide bonds. The van der Waals surface area contributed by atoms with Crippen LogP contribution in [-0.4, -0.2) is 60.5 Å². The predicted octanol–water partition coefficient (Wildman–Crippen LogP) is 10.1. The van der Waals surface area contributed by atoms with Gasteiger partial charge in [-0.3, -0.25) is 18.6 Å². The number of ether oxygens (including phenoxy) is 2. The monoisotopic (exact) mass is 739 g/mol. The van der Waals surface area contributed by atoms with Crippen molar-refractivity contribution in [3.05, 3.63) is 60.8 Å². The fourth-order valence-electron chi connectivity index (χ4n) is 4.85. The van der Waals surface area contributed by atoms with Gasteiger partial charge in [-0.05, 0) is 38.5 Å². The Labute approximate surface area is 309 Å². The molecule has 0 aliphatic heterocycles. The Bertz CT molecular complexity index is 1040. The minimum atomic E-state index is -4.64. The molecule has 0 aromatic heterocycles. The van der Waals surface area contributed by atoms with Gasteiger partial charge >= 0.3 is 19.8 Å². The van der Waals surface area contributed by atoms with Crippen LogP contribution >= 0.6 is 7.82 Å². The standard InChI is InChI=1S/C40H70NO9P/c1-3-5-7-9-11-13-15-17-19-20-22-24-26-28-30-32-39(42)50-37(35-48-51(45,46)49-36-38(41)40(43)44)34-47-33-31-29-27-25-23-21-18-16-14-12-10-8-6-4-2/h5,7,11,13,17,19,22,24,28,30,37-38H,3-4,6,8-10,12,14-16,18,20-21,23,25-27,29,31-36,41H2,1-2H3,(H,43,44)(H,45,46)/b7-5-,13-11-,19-17-,24-22-,30-28-. The second-order valence-corrected chi connectivity index (χ2v) is 14.2. The fraction of sp³-hybridized carbons (Fsp3) is 0.700. The molecule has 0 aliphatic rings. The molecule has 4 N–H and O–H groups in total. The van der Waals surface area contributed by atoms with Crippen LogP contribution in [0.15, 0.2) is 60.8 Å². The summed E-state index contributed by atoms with van der Waals surface area (Å²) in [5, 5.41) is 8.86. The largest absolute Gasteiger partial charge is 0.480 e. The number of esters is 1. The van der Waals surface area contributed by atoms with Crippen LogP contribution in [-0.2, 0) is 32.7 Å². The predicted molar refractivity (Wildman–Crippen MR) is 207 cm³/mol. The van der Waals surface area contributed by atoms with Crippen LogP contribution in [0.5, 0.6) is 0 Å². The van der Waals surface area contributed by atoms with Crippen molar-refractivity contribution in [2.75, 3.05) is 26.4 Å². The molecule has 0 aromatic carbocycles. The highest BCUT2D eigenvalue weighted by Gasteiger charge is 2.27. The Morgan fingerprint density at radius 1 is 0.627 bits per heavy atom. The van der Waals surface area contributed by atoms with E-state index in [1.165, 1.54) is 70.6 Å². The molecule has 51 heavy (non-hydrogen) atoms. The number of phosphoric acid groups is 1. The van der Waals surface area contributed by atoms with Gasteiger partial charge in [0.1, 0.15) is 12.1 Å². The van der Waals surface area contributed by atoms with Gasteiger partial charge in [-0.25, -0.2) is 4.57 Å². The number of hydrogen-bond donors (Lipinski definition) is 3. The molecule has 3 atom stereocenters. The Morgan fingerprint density at radius 2 is 1.06 bits per heavy atom. The highest BCUT2D eigenvalue weighted by molar-refractivity contribution is 7.47. The Balaban J connectivity index is 4.45. The maximum atomic E-state index is 12.5. The molecular formula is C40H70NO9P. The molecule has 0 saturated carbocycles. The van der Waals surface area contributed by atoms with E-state index < -0.39 is 45.1 Å². The van der Waals surface area contributed by atoms with E-state index in [9.17, 15) is 19.0 Å². The summed E-state index contributed by atoms with van der Waals surface area (Å²) >= 11 is 0. The molecule has 0 heterocycles. The lowest BCUT2D eigenvalue weighted by molar-refractivity contribution is -0.153. The molecule has 0 rings (SSSR count). The average molecular weight is 740 g/mol. The summed E-state index contributed by atoms with van der Waals surface area (Å²) in [5.41, 5.74) is 5.33. The molecule has 0 fully saturated rings. The first-order valence-corrected chi connectivity index (χ1v) is 20.8. The quantitative estimate of drug-likeness (QED) is 0.0245. The average Bonchev–Trinajstić information content (AvgIpc) is 3.10. The van der Waals surface area contributed by atoms with E-state index in [1.54, 1.807) is 6.08 Å². The third-order valence-electron chi connectivity index (χ3n) is 7.84. The molecule has 10 nitrogen and oxygen atoms in total. The van der Waals surface area contributed by atoms with Crippen LogP contribution in [0, 0.1) is 0 Å². The molecule has 0 spiro atoms. The van der Waals surface area contributed by atoms with Crippen LogP contribution in [0.4, 0.5) is 0 Å². The Morgan fingerprint density at radius 3 is 1.53 bits per heavy atom. The molecule has 11 heteroatoms. The highest BCUT2D eigenvalue weighted by atomic mass is 31.2. The smallest absolute Gasteiger partial charge is 0.472 e. The van der Waals surface area contributed by atoms with Crippen molar-refractivity contribution in [3.63, 3.8) is 0 Å².